The summed E-state index contributed by atoms with van der Waals surface area (Å²) in [5, 5.41) is 8.87. The molecule has 2 N–H and O–H groups in total. The van der Waals surface area contributed by atoms with Gasteiger partial charge in [-0.1, -0.05) is 18.2 Å². The number of rotatable bonds is 4. The van der Waals surface area contributed by atoms with E-state index < -0.39 is 0 Å². The van der Waals surface area contributed by atoms with Gasteiger partial charge < -0.3 is 10.6 Å². The van der Waals surface area contributed by atoms with Gasteiger partial charge in [0.2, 0.25) is 0 Å². The van der Waals surface area contributed by atoms with Crippen molar-refractivity contribution in [2.24, 2.45) is 0 Å². The average molecular weight is 245 g/mol. The largest absolute Gasteiger partial charge is 0.309 e. The second-order valence-electron chi connectivity index (χ2n) is 4.29. The Hall–Kier alpha value is -1.23. The molecule has 3 nitrogen and oxygen atoms in total. The minimum atomic E-state index is 0.846. The van der Waals surface area contributed by atoms with Crippen molar-refractivity contribution in [1.29, 1.82) is 0 Å². The normalized spacial score (nSPS) is 13.9. The molecule has 1 aliphatic heterocycles. The van der Waals surface area contributed by atoms with Crippen LogP contribution in [0, 0.1) is 0 Å². The zero-order chi connectivity index (χ0) is 11.5. The van der Waals surface area contributed by atoms with Crippen molar-refractivity contribution in [2.45, 2.75) is 26.2 Å². The van der Waals surface area contributed by atoms with E-state index in [4.69, 9.17) is 0 Å². The molecule has 0 fully saturated rings. The summed E-state index contributed by atoms with van der Waals surface area (Å²) < 4.78 is 0. The summed E-state index contributed by atoms with van der Waals surface area (Å²) in [6.45, 7) is 3.78. The van der Waals surface area contributed by atoms with Crippen LogP contribution in [0.1, 0.15) is 22.4 Å². The molecule has 88 valence electrons. The predicted molar refractivity (Wildman–Crippen MR) is 69.6 cm³/mol. The van der Waals surface area contributed by atoms with Crippen molar-refractivity contribution < 1.29 is 0 Å². The third-order valence-corrected chi connectivity index (χ3v) is 3.66. The Bertz CT molecular complexity index is 493. The summed E-state index contributed by atoms with van der Waals surface area (Å²) in [6.07, 6.45) is 0. The molecule has 4 heteroatoms. The molecule has 0 amide bonds. The van der Waals surface area contributed by atoms with E-state index in [-0.39, 0.29) is 0 Å². The first kappa shape index (κ1) is 10.9. The quantitative estimate of drug-likeness (QED) is 0.865. The van der Waals surface area contributed by atoms with Crippen LogP contribution in [0.4, 0.5) is 0 Å². The van der Waals surface area contributed by atoms with Gasteiger partial charge in [-0.15, -0.1) is 11.3 Å². The lowest BCUT2D eigenvalue weighted by Gasteiger charge is -2.05. The predicted octanol–water partition coefficient (Wildman–Crippen LogP) is 2.04. The lowest BCUT2D eigenvalue weighted by Crippen LogP contribution is -2.13. The molecule has 0 aliphatic carbocycles. The van der Waals surface area contributed by atoms with E-state index in [0.29, 0.717) is 0 Å². The van der Waals surface area contributed by atoms with E-state index in [1.807, 2.05) is 5.51 Å². The number of hydrogen-bond donors (Lipinski definition) is 2. The molecule has 1 aromatic heterocycles. The highest BCUT2D eigenvalue weighted by Crippen LogP contribution is 2.16. The Balaban J connectivity index is 1.58. The SMILES string of the molecule is c1nc(CNCc2ccc3c(c2)CNC3)cs1. The number of nitrogens with zero attached hydrogens (tertiary/aromatic N) is 1. The smallest absolute Gasteiger partial charge is 0.0795 e. The molecule has 0 spiro atoms. The standard InChI is InChI=1S/C13H15N3S/c1-2-11-5-15-6-12(11)3-10(1)4-14-7-13-8-17-9-16-13/h1-3,8-9,14-15H,4-7H2. The zero-order valence-electron chi connectivity index (χ0n) is 9.57. The molecule has 2 aromatic rings. The van der Waals surface area contributed by atoms with Gasteiger partial charge in [0.25, 0.3) is 0 Å². The number of fused-ring (bicyclic) bond motifs is 1. The molecule has 17 heavy (non-hydrogen) atoms. The zero-order valence-corrected chi connectivity index (χ0v) is 10.4. The van der Waals surface area contributed by atoms with Gasteiger partial charge in [-0.25, -0.2) is 4.98 Å². The second-order valence-corrected chi connectivity index (χ2v) is 5.01. The van der Waals surface area contributed by atoms with E-state index >= 15 is 0 Å². The molecule has 1 aliphatic rings. The third-order valence-electron chi connectivity index (χ3n) is 3.02. The molecule has 0 saturated heterocycles. The van der Waals surface area contributed by atoms with Crippen molar-refractivity contribution in [3.63, 3.8) is 0 Å². The maximum atomic E-state index is 4.25. The van der Waals surface area contributed by atoms with E-state index in [9.17, 15) is 0 Å². The number of nitrogens with one attached hydrogen (secondary N) is 2. The first-order valence-corrected chi connectivity index (χ1v) is 6.75. The Morgan fingerprint density at radius 1 is 1.24 bits per heavy atom. The Morgan fingerprint density at radius 3 is 3.06 bits per heavy atom. The van der Waals surface area contributed by atoms with Crippen LogP contribution >= 0.6 is 11.3 Å². The molecule has 0 radical (unpaired) electrons. The fourth-order valence-electron chi connectivity index (χ4n) is 2.12. The van der Waals surface area contributed by atoms with Crippen molar-refractivity contribution in [3.8, 4) is 0 Å². The lowest BCUT2D eigenvalue weighted by molar-refractivity contribution is 0.682. The highest BCUT2D eigenvalue weighted by Gasteiger charge is 2.09. The molecule has 3 rings (SSSR count). The van der Waals surface area contributed by atoms with E-state index in [0.717, 1.165) is 31.9 Å². The van der Waals surface area contributed by atoms with Crippen molar-refractivity contribution >= 4 is 11.3 Å². The molecular weight excluding hydrogens is 230 g/mol. The molecule has 1 aromatic carbocycles. The lowest BCUT2D eigenvalue weighted by atomic mass is 10.1. The van der Waals surface area contributed by atoms with E-state index in [1.165, 1.54) is 16.7 Å². The van der Waals surface area contributed by atoms with Crippen LogP contribution in [0.3, 0.4) is 0 Å². The van der Waals surface area contributed by atoms with Gasteiger partial charge >= 0.3 is 0 Å². The van der Waals surface area contributed by atoms with Crippen LogP contribution in [0.15, 0.2) is 29.1 Å². The average Bonchev–Trinajstić information content (AvgIpc) is 2.98. The molecule has 0 atom stereocenters. The minimum Gasteiger partial charge on any atom is -0.309 e. The van der Waals surface area contributed by atoms with Gasteiger partial charge in [0.1, 0.15) is 0 Å². The third kappa shape index (κ3) is 2.54. The first-order valence-electron chi connectivity index (χ1n) is 5.81. The van der Waals surface area contributed by atoms with Crippen molar-refractivity contribution in [2.75, 3.05) is 0 Å². The summed E-state index contributed by atoms with van der Waals surface area (Å²) in [5.41, 5.74) is 7.23. The molecule has 0 saturated carbocycles. The topological polar surface area (TPSA) is 37.0 Å². The maximum Gasteiger partial charge on any atom is 0.0795 e. The van der Waals surface area contributed by atoms with Crippen LogP contribution in [0.2, 0.25) is 0 Å². The fourth-order valence-corrected chi connectivity index (χ4v) is 2.68. The summed E-state index contributed by atoms with van der Waals surface area (Å²) >= 11 is 1.64. The van der Waals surface area contributed by atoms with Crippen LogP contribution in [0.5, 0.6) is 0 Å². The molecule has 0 bridgehead atoms. The number of benzene rings is 1. The van der Waals surface area contributed by atoms with Crippen molar-refractivity contribution in [3.05, 3.63) is 51.5 Å². The van der Waals surface area contributed by atoms with Gasteiger partial charge in [-0.3, -0.25) is 0 Å². The van der Waals surface area contributed by atoms with Crippen LogP contribution in [0.25, 0.3) is 0 Å². The molecule has 2 heterocycles. The number of hydrogen-bond acceptors (Lipinski definition) is 4. The summed E-state index contributed by atoms with van der Waals surface area (Å²) in [7, 11) is 0. The molecular formula is C13H15N3S. The number of thiazole rings is 1. The fraction of sp³-hybridized carbons (Fsp3) is 0.308. The van der Waals surface area contributed by atoms with Gasteiger partial charge in [0.05, 0.1) is 11.2 Å². The Kier molecular flexibility index (Phi) is 3.18. The number of aromatic nitrogens is 1. The molecule has 0 unspecified atom stereocenters. The summed E-state index contributed by atoms with van der Waals surface area (Å²) in [4.78, 5) is 4.25. The van der Waals surface area contributed by atoms with Gasteiger partial charge in [0, 0.05) is 31.6 Å². The highest BCUT2D eigenvalue weighted by molar-refractivity contribution is 7.07. The monoisotopic (exact) mass is 245 g/mol. The highest BCUT2D eigenvalue weighted by atomic mass is 32.1. The van der Waals surface area contributed by atoms with Crippen LogP contribution in [-0.4, -0.2) is 4.98 Å². The van der Waals surface area contributed by atoms with Crippen LogP contribution < -0.4 is 10.6 Å². The Morgan fingerprint density at radius 2 is 2.18 bits per heavy atom. The van der Waals surface area contributed by atoms with Gasteiger partial charge in [-0.05, 0) is 16.7 Å². The maximum absolute atomic E-state index is 4.25. The first-order chi connectivity index (χ1) is 8.42. The van der Waals surface area contributed by atoms with Gasteiger partial charge in [0.15, 0.2) is 0 Å². The summed E-state index contributed by atoms with van der Waals surface area (Å²) in [6, 6.07) is 6.73. The van der Waals surface area contributed by atoms with Crippen molar-refractivity contribution in [1.82, 2.24) is 15.6 Å². The van der Waals surface area contributed by atoms with E-state index in [1.54, 1.807) is 11.3 Å². The van der Waals surface area contributed by atoms with Crippen LogP contribution in [-0.2, 0) is 26.2 Å². The Labute approximate surface area is 105 Å². The second kappa shape index (κ2) is 4.96. The van der Waals surface area contributed by atoms with Gasteiger partial charge in [-0.2, -0.15) is 0 Å². The minimum absolute atomic E-state index is 0.846. The summed E-state index contributed by atoms with van der Waals surface area (Å²) in [5.74, 6) is 0. The van der Waals surface area contributed by atoms with E-state index in [2.05, 4.69) is 39.2 Å².